The first-order valence-electron chi connectivity index (χ1n) is 7.71. The first kappa shape index (κ1) is 16.3. The molecule has 1 atom stereocenters. The van der Waals surface area contributed by atoms with Gasteiger partial charge in [-0.2, -0.15) is 0 Å². The van der Waals surface area contributed by atoms with Crippen molar-refractivity contribution < 1.29 is 16.8 Å². The maximum atomic E-state index is 13.2. The Morgan fingerprint density at radius 3 is 2.12 bits per heavy atom. The molecule has 0 saturated heterocycles. The van der Waals surface area contributed by atoms with Crippen LogP contribution in [-0.4, -0.2) is 20.5 Å². The molecule has 0 aromatic heterocycles. The van der Waals surface area contributed by atoms with Crippen LogP contribution in [0.1, 0.15) is 18.5 Å². The molecule has 0 radical (unpaired) electrons. The minimum atomic E-state index is -4.18. The molecule has 0 aliphatic carbocycles. The van der Waals surface area contributed by atoms with Gasteiger partial charge in [-0.25, -0.2) is 16.8 Å². The number of hydrogen-bond acceptors (Lipinski definition) is 4. The van der Waals surface area contributed by atoms with Crippen molar-refractivity contribution in [2.24, 2.45) is 0 Å². The average Bonchev–Trinajstić information content (AvgIpc) is 2.77. The van der Waals surface area contributed by atoms with Crippen molar-refractivity contribution in [1.29, 1.82) is 0 Å². The zero-order valence-corrected chi connectivity index (χ0v) is 15.0. The standard InChI is InChI=1S/C18H15NO4S2/c1-13(14-7-3-2-4-8-14)19-24(20,21)17-12-11-15-9-5-6-10-16(15)18(17)25(19,22)23/h2-13H,1H3/t13-/m0/s1. The van der Waals surface area contributed by atoms with E-state index in [0.29, 0.717) is 20.0 Å². The molecule has 25 heavy (non-hydrogen) atoms. The van der Waals surface area contributed by atoms with Gasteiger partial charge in [0, 0.05) is 5.39 Å². The van der Waals surface area contributed by atoms with Gasteiger partial charge >= 0.3 is 0 Å². The van der Waals surface area contributed by atoms with E-state index in [9.17, 15) is 16.8 Å². The highest BCUT2D eigenvalue weighted by Crippen LogP contribution is 2.45. The Hall–Kier alpha value is -2.22. The first-order chi connectivity index (χ1) is 11.8. The Morgan fingerprint density at radius 1 is 0.760 bits per heavy atom. The minimum absolute atomic E-state index is 0.131. The van der Waals surface area contributed by atoms with Crippen molar-refractivity contribution in [3.05, 3.63) is 72.3 Å². The van der Waals surface area contributed by atoms with Crippen LogP contribution in [0.15, 0.2) is 76.5 Å². The van der Waals surface area contributed by atoms with Crippen molar-refractivity contribution >= 4 is 30.8 Å². The van der Waals surface area contributed by atoms with Gasteiger partial charge in [-0.1, -0.05) is 64.4 Å². The fraction of sp³-hybridized carbons (Fsp3) is 0.111. The van der Waals surface area contributed by atoms with Crippen molar-refractivity contribution in [2.75, 3.05) is 0 Å². The van der Waals surface area contributed by atoms with E-state index in [-0.39, 0.29) is 9.79 Å². The van der Waals surface area contributed by atoms with E-state index in [1.165, 1.54) is 6.07 Å². The van der Waals surface area contributed by atoms with Crippen molar-refractivity contribution in [2.45, 2.75) is 22.8 Å². The molecule has 1 heterocycles. The van der Waals surface area contributed by atoms with E-state index >= 15 is 0 Å². The lowest BCUT2D eigenvalue weighted by molar-refractivity contribution is 0.458. The molecule has 0 unspecified atom stereocenters. The van der Waals surface area contributed by atoms with Gasteiger partial charge in [-0.05, 0) is 23.9 Å². The summed E-state index contributed by atoms with van der Waals surface area (Å²) >= 11 is 0. The molecular formula is C18H15NO4S2. The molecule has 3 aromatic rings. The number of fused-ring (bicyclic) bond motifs is 3. The first-order valence-corrected chi connectivity index (χ1v) is 10.6. The zero-order valence-electron chi connectivity index (χ0n) is 13.3. The molecule has 0 fully saturated rings. The van der Waals surface area contributed by atoms with Crippen LogP contribution in [-0.2, 0) is 20.0 Å². The van der Waals surface area contributed by atoms with Gasteiger partial charge < -0.3 is 0 Å². The Kier molecular flexibility index (Phi) is 3.50. The maximum absolute atomic E-state index is 13.2. The summed E-state index contributed by atoms with van der Waals surface area (Å²) in [4.78, 5) is -0.289. The van der Waals surface area contributed by atoms with Crippen LogP contribution in [0.5, 0.6) is 0 Å². The molecule has 0 N–H and O–H groups in total. The third-order valence-corrected chi connectivity index (χ3v) is 9.19. The third-order valence-electron chi connectivity index (χ3n) is 4.45. The van der Waals surface area contributed by atoms with Gasteiger partial charge in [0.25, 0.3) is 20.0 Å². The van der Waals surface area contributed by atoms with E-state index < -0.39 is 26.1 Å². The fourth-order valence-corrected chi connectivity index (χ4v) is 8.23. The summed E-state index contributed by atoms with van der Waals surface area (Å²) in [5.41, 5.74) is 0.617. The largest absolute Gasteiger partial charge is 0.258 e. The molecule has 128 valence electrons. The highest BCUT2D eigenvalue weighted by Gasteiger charge is 2.50. The van der Waals surface area contributed by atoms with Crippen LogP contribution in [0.3, 0.4) is 0 Å². The van der Waals surface area contributed by atoms with E-state index in [2.05, 4.69) is 0 Å². The second-order valence-corrected chi connectivity index (χ2v) is 9.70. The molecule has 0 saturated carbocycles. The van der Waals surface area contributed by atoms with Gasteiger partial charge in [0.05, 0.1) is 6.04 Å². The number of sulfonamides is 2. The lowest BCUT2D eigenvalue weighted by Gasteiger charge is -2.22. The normalized spacial score (nSPS) is 19.6. The lowest BCUT2D eigenvalue weighted by atomic mass is 10.1. The SMILES string of the molecule is C[C@@H](c1ccccc1)N1S(=O)(=O)c2ccc3ccccc3c2S1(=O)=O. The van der Waals surface area contributed by atoms with Gasteiger partial charge in [-0.3, -0.25) is 0 Å². The number of rotatable bonds is 2. The van der Waals surface area contributed by atoms with Crippen LogP contribution in [0.2, 0.25) is 0 Å². The Bertz CT molecular complexity index is 1190. The van der Waals surface area contributed by atoms with Crippen molar-refractivity contribution in [3.8, 4) is 0 Å². The zero-order chi connectivity index (χ0) is 17.8. The van der Waals surface area contributed by atoms with Crippen molar-refractivity contribution in [1.82, 2.24) is 3.71 Å². The number of nitrogens with zero attached hydrogens (tertiary/aromatic N) is 1. The summed E-state index contributed by atoms with van der Waals surface area (Å²) < 4.78 is 53.0. The van der Waals surface area contributed by atoms with Gasteiger partial charge in [0.1, 0.15) is 9.79 Å². The number of benzene rings is 3. The second-order valence-electron chi connectivity index (χ2n) is 5.94. The summed E-state index contributed by atoms with van der Waals surface area (Å²) in [6.45, 7) is 1.58. The van der Waals surface area contributed by atoms with E-state index in [4.69, 9.17) is 0 Å². The minimum Gasteiger partial charge on any atom is -0.206 e. The predicted octanol–water partition coefficient (Wildman–Crippen LogP) is 3.29. The van der Waals surface area contributed by atoms with Crippen LogP contribution in [0, 0.1) is 0 Å². The van der Waals surface area contributed by atoms with Crippen LogP contribution in [0.4, 0.5) is 0 Å². The Morgan fingerprint density at radius 2 is 1.40 bits per heavy atom. The van der Waals surface area contributed by atoms with Gasteiger partial charge in [0.2, 0.25) is 0 Å². The summed E-state index contributed by atoms with van der Waals surface area (Å²) in [5, 5.41) is 1.11. The molecule has 3 aromatic carbocycles. The van der Waals surface area contributed by atoms with E-state index in [1.807, 2.05) is 0 Å². The highest BCUT2D eigenvalue weighted by molar-refractivity contribution is 8.06. The summed E-state index contributed by atoms with van der Waals surface area (Å²) in [6.07, 6.45) is 0. The smallest absolute Gasteiger partial charge is 0.206 e. The van der Waals surface area contributed by atoms with Crippen LogP contribution >= 0.6 is 0 Å². The molecule has 0 bridgehead atoms. The molecule has 1 aliphatic heterocycles. The molecule has 1 aliphatic rings. The average molecular weight is 373 g/mol. The van der Waals surface area contributed by atoms with Crippen LogP contribution < -0.4 is 0 Å². The topological polar surface area (TPSA) is 71.5 Å². The second kappa shape index (κ2) is 5.39. The molecular weight excluding hydrogens is 358 g/mol. The fourth-order valence-electron chi connectivity index (χ4n) is 3.28. The molecule has 4 rings (SSSR count). The van der Waals surface area contributed by atoms with E-state index in [1.54, 1.807) is 67.6 Å². The van der Waals surface area contributed by atoms with Gasteiger partial charge in [0.15, 0.2) is 0 Å². The maximum Gasteiger partial charge on any atom is 0.258 e. The highest BCUT2D eigenvalue weighted by atomic mass is 32.3. The monoisotopic (exact) mass is 373 g/mol. The summed E-state index contributed by atoms with van der Waals surface area (Å²) in [5.74, 6) is 0. The molecule has 7 heteroatoms. The quantitative estimate of drug-likeness (QED) is 0.691. The Labute approximate surface area is 146 Å². The van der Waals surface area contributed by atoms with Crippen LogP contribution in [0.25, 0.3) is 10.8 Å². The molecule has 5 nitrogen and oxygen atoms in total. The third kappa shape index (κ3) is 2.23. The molecule has 0 spiro atoms. The Balaban J connectivity index is 2.02. The predicted molar refractivity (Wildman–Crippen MR) is 95.0 cm³/mol. The van der Waals surface area contributed by atoms with E-state index in [0.717, 1.165) is 0 Å². The lowest BCUT2D eigenvalue weighted by Crippen LogP contribution is -2.33. The molecule has 0 amide bonds. The summed E-state index contributed by atoms with van der Waals surface area (Å²) in [7, 11) is -8.33. The van der Waals surface area contributed by atoms with Crippen molar-refractivity contribution in [3.63, 3.8) is 0 Å². The number of hydrogen-bond donors (Lipinski definition) is 0. The summed E-state index contributed by atoms with van der Waals surface area (Å²) in [6, 6.07) is 17.8. The van der Waals surface area contributed by atoms with Gasteiger partial charge in [-0.15, -0.1) is 0 Å².